The normalized spacial score (nSPS) is 31.2. The third-order valence-corrected chi connectivity index (χ3v) is 10.1. The Balaban J connectivity index is 1.10. The quantitative estimate of drug-likeness (QED) is 0.555. The molecule has 3 atom stereocenters. The van der Waals surface area contributed by atoms with Gasteiger partial charge in [0.1, 0.15) is 24.2 Å². The van der Waals surface area contributed by atoms with Crippen LogP contribution in [0.4, 0.5) is 10.1 Å². The van der Waals surface area contributed by atoms with Crippen LogP contribution in [-0.4, -0.2) is 109 Å². The monoisotopic (exact) mass is 517 g/mol. The van der Waals surface area contributed by atoms with E-state index >= 15 is 4.39 Å². The molecule has 36 heavy (non-hydrogen) atoms. The summed E-state index contributed by atoms with van der Waals surface area (Å²) in [5, 5.41) is 1.06. The number of halogens is 1. The summed E-state index contributed by atoms with van der Waals surface area (Å²) in [6, 6.07) is 10.4. The van der Waals surface area contributed by atoms with Crippen molar-refractivity contribution in [2.75, 3.05) is 57.3 Å². The molecule has 3 unspecified atom stereocenters. The minimum Gasteiger partial charge on any atom is -0.369 e. The van der Waals surface area contributed by atoms with Crippen molar-refractivity contribution in [1.82, 2.24) is 18.5 Å². The van der Waals surface area contributed by atoms with Gasteiger partial charge in [-0.15, -0.1) is 0 Å². The molecule has 1 spiro atoms. The number of piperidine rings is 1. The molecule has 3 aliphatic heterocycles. The number of hydrogen-bond donors (Lipinski definition) is 0. The lowest BCUT2D eigenvalue weighted by Crippen LogP contribution is -2.67. The van der Waals surface area contributed by atoms with Crippen molar-refractivity contribution in [1.29, 1.82) is 0 Å². The standard InChI is InChI=1S/C25H32FN5O4S/c26-24-16-31(9-7-25(24)18-29(20-5-6-20)15-22(17-32)35-25)36(33,34)30-12-10-28(11-13-30)21-4-3-19-2-1-8-27-23(19)14-21/h1-4,8,14,17,20,22,24H,5-7,9-13,15-16,18H2. The molecule has 4 fully saturated rings. The first-order valence-electron chi connectivity index (χ1n) is 12.7. The summed E-state index contributed by atoms with van der Waals surface area (Å²) in [6.45, 7) is 2.61. The van der Waals surface area contributed by atoms with Gasteiger partial charge >= 0.3 is 0 Å². The molecule has 6 rings (SSSR count). The number of morpholine rings is 1. The second kappa shape index (κ2) is 9.29. The lowest BCUT2D eigenvalue weighted by Gasteiger charge is -2.51. The number of alkyl halides is 1. The SMILES string of the molecule is O=CC1CN(C2CC2)CC2(CCN(S(=O)(=O)N3CCN(c4ccc5cccnc5c4)CC3)CC2F)O1. The van der Waals surface area contributed by atoms with Crippen molar-refractivity contribution < 1.29 is 22.3 Å². The van der Waals surface area contributed by atoms with Gasteiger partial charge in [0.05, 0.1) is 5.52 Å². The Morgan fingerprint density at radius 1 is 1.06 bits per heavy atom. The molecular weight excluding hydrogens is 485 g/mol. The lowest BCUT2D eigenvalue weighted by molar-refractivity contribution is -0.197. The predicted molar refractivity (Wildman–Crippen MR) is 134 cm³/mol. The zero-order valence-corrected chi connectivity index (χ0v) is 21.0. The number of anilines is 1. The molecule has 0 radical (unpaired) electrons. The number of fused-ring (bicyclic) bond motifs is 1. The number of piperazine rings is 1. The van der Waals surface area contributed by atoms with E-state index in [4.69, 9.17) is 4.74 Å². The first-order valence-corrected chi connectivity index (χ1v) is 14.1. The second-order valence-electron chi connectivity index (χ2n) is 10.4. The highest BCUT2D eigenvalue weighted by atomic mass is 32.2. The highest BCUT2D eigenvalue weighted by Gasteiger charge is 2.54. The van der Waals surface area contributed by atoms with Gasteiger partial charge in [0.2, 0.25) is 0 Å². The number of rotatable bonds is 5. The van der Waals surface area contributed by atoms with E-state index in [1.165, 1.54) is 8.61 Å². The number of aromatic nitrogens is 1. The number of aldehydes is 1. The molecule has 1 aromatic heterocycles. The Morgan fingerprint density at radius 3 is 2.58 bits per heavy atom. The van der Waals surface area contributed by atoms with Gasteiger partial charge in [0.25, 0.3) is 10.2 Å². The summed E-state index contributed by atoms with van der Waals surface area (Å²) in [5.74, 6) is 0. The molecule has 0 amide bonds. The lowest BCUT2D eigenvalue weighted by atomic mass is 9.87. The molecule has 11 heteroatoms. The van der Waals surface area contributed by atoms with E-state index in [-0.39, 0.29) is 19.5 Å². The summed E-state index contributed by atoms with van der Waals surface area (Å²) in [6.07, 6.45) is 2.71. The van der Waals surface area contributed by atoms with Gasteiger partial charge in [-0.05, 0) is 37.5 Å². The Morgan fingerprint density at radius 2 is 1.86 bits per heavy atom. The van der Waals surface area contributed by atoms with Crippen LogP contribution in [0.2, 0.25) is 0 Å². The fourth-order valence-corrected chi connectivity index (χ4v) is 7.42. The zero-order valence-electron chi connectivity index (χ0n) is 20.2. The third-order valence-electron chi connectivity index (χ3n) is 8.05. The fraction of sp³-hybridized carbons (Fsp3) is 0.600. The smallest absolute Gasteiger partial charge is 0.282 e. The minimum absolute atomic E-state index is 0.184. The number of nitrogens with zero attached hydrogens (tertiary/aromatic N) is 5. The molecule has 0 bridgehead atoms. The van der Waals surface area contributed by atoms with Crippen molar-refractivity contribution in [2.24, 2.45) is 0 Å². The van der Waals surface area contributed by atoms with Crippen molar-refractivity contribution in [3.05, 3.63) is 36.5 Å². The molecule has 3 saturated heterocycles. The average Bonchev–Trinajstić information content (AvgIpc) is 3.76. The van der Waals surface area contributed by atoms with Crippen LogP contribution in [0.15, 0.2) is 36.5 Å². The van der Waals surface area contributed by atoms with Crippen LogP contribution in [0.3, 0.4) is 0 Å². The fourth-order valence-electron chi connectivity index (χ4n) is 5.82. The molecule has 194 valence electrons. The maximum atomic E-state index is 15.6. The zero-order chi connectivity index (χ0) is 24.9. The van der Waals surface area contributed by atoms with Crippen LogP contribution >= 0.6 is 0 Å². The van der Waals surface area contributed by atoms with Crippen LogP contribution in [0, 0.1) is 0 Å². The van der Waals surface area contributed by atoms with Crippen LogP contribution < -0.4 is 4.90 Å². The number of carbonyl (C=O) groups is 1. The largest absolute Gasteiger partial charge is 0.369 e. The first-order chi connectivity index (χ1) is 17.4. The Kier molecular flexibility index (Phi) is 6.24. The van der Waals surface area contributed by atoms with E-state index in [1.807, 2.05) is 30.3 Å². The predicted octanol–water partition coefficient (Wildman–Crippen LogP) is 1.45. The van der Waals surface area contributed by atoms with Gasteiger partial charge in [-0.2, -0.15) is 17.0 Å². The number of benzene rings is 1. The maximum absolute atomic E-state index is 15.6. The van der Waals surface area contributed by atoms with Gasteiger partial charge < -0.3 is 14.4 Å². The second-order valence-corrected chi connectivity index (χ2v) is 12.3. The molecule has 1 aromatic carbocycles. The highest BCUT2D eigenvalue weighted by molar-refractivity contribution is 7.86. The molecule has 4 aliphatic rings. The molecule has 2 aromatic rings. The van der Waals surface area contributed by atoms with E-state index in [0.717, 1.165) is 35.7 Å². The molecular formula is C25H32FN5O4S. The highest BCUT2D eigenvalue weighted by Crippen LogP contribution is 2.39. The van der Waals surface area contributed by atoms with E-state index < -0.39 is 28.1 Å². The first kappa shape index (κ1) is 24.2. The summed E-state index contributed by atoms with van der Waals surface area (Å²) in [5.41, 5.74) is 0.797. The summed E-state index contributed by atoms with van der Waals surface area (Å²) < 4.78 is 51.2. The van der Waals surface area contributed by atoms with Crippen molar-refractivity contribution in [3.63, 3.8) is 0 Å². The van der Waals surface area contributed by atoms with Crippen LogP contribution in [-0.2, 0) is 19.7 Å². The van der Waals surface area contributed by atoms with Gasteiger partial charge in [0.15, 0.2) is 0 Å². The van der Waals surface area contributed by atoms with E-state index in [1.54, 1.807) is 6.20 Å². The van der Waals surface area contributed by atoms with Gasteiger partial charge in [-0.3, -0.25) is 9.88 Å². The van der Waals surface area contributed by atoms with Crippen LogP contribution in [0.1, 0.15) is 19.3 Å². The van der Waals surface area contributed by atoms with Gasteiger partial charge in [0, 0.05) is 75.7 Å². The van der Waals surface area contributed by atoms with Crippen molar-refractivity contribution in [3.8, 4) is 0 Å². The van der Waals surface area contributed by atoms with Crippen LogP contribution in [0.25, 0.3) is 10.9 Å². The van der Waals surface area contributed by atoms with E-state index in [9.17, 15) is 13.2 Å². The number of hydrogen-bond acceptors (Lipinski definition) is 7. The third kappa shape index (κ3) is 4.41. The minimum atomic E-state index is -3.80. The van der Waals surface area contributed by atoms with Gasteiger partial charge in [-0.1, -0.05) is 12.1 Å². The Labute approximate surface area is 211 Å². The summed E-state index contributed by atoms with van der Waals surface area (Å²) >= 11 is 0. The molecule has 1 saturated carbocycles. The van der Waals surface area contributed by atoms with Crippen molar-refractivity contribution in [2.45, 2.75) is 43.2 Å². The average molecular weight is 518 g/mol. The summed E-state index contributed by atoms with van der Waals surface area (Å²) in [7, 11) is -3.80. The number of carbonyl (C=O) groups excluding carboxylic acids is 1. The number of ether oxygens (including phenoxy) is 1. The van der Waals surface area contributed by atoms with E-state index in [2.05, 4.69) is 14.8 Å². The van der Waals surface area contributed by atoms with Crippen LogP contribution in [0.5, 0.6) is 0 Å². The van der Waals surface area contributed by atoms with E-state index in [0.29, 0.717) is 45.3 Å². The molecule has 4 heterocycles. The summed E-state index contributed by atoms with van der Waals surface area (Å²) in [4.78, 5) is 20.2. The topological polar surface area (TPSA) is 86.3 Å². The Hall–Kier alpha value is -2.18. The Bertz CT molecular complexity index is 1240. The van der Waals surface area contributed by atoms with Gasteiger partial charge in [-0.25, -0.2) is 4.39 Å². The molecule has 0 N–H and O–H groups in total. The van der Waals surface area contributed by atoms with Crippen molar-refractivity contribution >= 4 is 33.1 Å². The molecule has 1 aliphatic carbocycles. The number of pyridine rings is 1. The molecule has 9 nitrogen and oxygen atoms in total. The maximum Gasteiger partial charge on any atom is 0.282 e.